The van der Waals surface area contributed by atoms with Crippen LogP contribution in [0.25, 0.3) is 5.69 Å². The zero-order valence-electron chi connectivity index (χ0n) is 15.2. The maximum Gasteiger partial charge on any atom is 0.258 e. The van der Waals surface area contributed by atoms with Crippen LogP contribution in [0.2, 0.25) is 0 Å². The van der Waals surface area contributed by atoms with Gasteiger partial charge in [-0.15, -0.1) is 0 Å². The second-order valence-electron chi connectivity index (χ2n) is 7.31. The fourth-order valence-corrected chi connectivity index (χ4v) is 3.76. The van der Waals surface area contributed by atoms with Crippen LogP contribution in [0.4, 0.5) is 0 Å². The molecule has 5 rings (SSSR count). The van der Waals surface area contributed by atoms with Gasteiger partial charge in [-0.2, -0.15) is 10.1 Å². The van der Waals surface area contributed by atoms with Crippen molar-refractivity contribution in [3.63, 3.8) is 0 Å². The van der Waals surface area contributed by atoms with Crippen molar-refractivity contribution < 1.29 is 9.32 Å². The van der Waals surface area contributed by atoms with Gasteiger partial charge in [0, 0.05) is 12.5 Å². The molecule has 27 heavy (non-hydrogen) atoms. The standard InChI is InChI=1S/C20H21N5O2/c1-13-16(12-21-25(13)15-6-3-2-4-7-15)20(26)24-11-5-8-17(24)19-22-18(23-27-19)14-9-10-14/h2-4,6-7,12,14,17H,5,8-11H2,1H3. The van der Waals surface area contributed by atoms with Gasteiger partial charge in [-0.05, 0) is 44.7 Å². The predicted octanol–water partition coefficient (Wildman–Crippen LogP) is 3.42. The third-order valence-electron chi connectivity index (χ3n) is 5.44. The van der Waals surface area contributed by atoms with E-state index in [1.54, 1.807) is 10.9 Å². The largest absolute Gasteiger partial charge is 0.337 e. The van der Waals surface area contributed by atoms with E-state index < -0.39 is 0 Å². The van der Waals surface area contributed by atoms with Crippen molar-refractivity contribution in [2.45, 2.75) is 44.6 Å². The maximum atomic E-state index is 13.2. The molecule has 0 spiro atoms. The smallest absolute Gasteiger partial charge is 0.258 e. The van der Waals surface area contributed by atoms with Gasteiger partial charge in [0.05, 0.1) is 23.1 Å². The summed E-state index contributed by atoms with van der Waals surface area (Å²) in [5.74, 6) is 1.77. The van der Waals surface area contributed by atoms with Crippen molar-refractivity contribution in [2.75, 3.05) is 6.54 Å². The lowest BCUT2D eigenvalue weighted by Gasteiger charge is -2.21. The first-order chi connectivity index (χ1) is 13.2. The molecule has 1 saturated heterocycles. The zero-order valence-corrected chi connectivity index (χ0v) is 15.2. The topological polar surface area (TPSA) is 77.1 Å². The summed E-state index contributed by atoms with van der Waals surface area (Å²) in [5, 5.41) is 8.54. The molecule has 1 aliphatic carbocycles. The van der Waals surface area contributed by atoms with Gasteiger partial charge in [0.2, 0.25) is 5.89 Å². The summed E-state index contributed by atoms with van der Waals surface area (Å²) in [4.78, 5) is 19.6. The van der Waals surface area contributed by atoms with Gasteiger partial charge in [-0.3, -0.25) is 4.79 Å². The Hall–Kier alpha value is -2.96. The monoisotopic (exact) mass is 363 g/mol. The number of benzene rings is 1. The molecule has 2 aliphatic rings. The van der Waals surface area contributed by atoms with Crippen LogP contribution < -0.4 is 0 Å². The first-order valence-corrected chi connectivity index (χ1v) is 9.47. The van der Waals surface area contributed by atoms with Gasteiger partial charge >= 0.3 is 0 Å². The SMILES string of the molecule is Cc1c(C(=O)N2CCCC2c2nc(C3CC3)no2)cnn1-c1ccccc1. The van der Waals surface area contributed by atoms with Crippen molar-refractivity contribution in [3.05, 3.63) is 59.5 Å². The Morgan fingerprint density at radius 2 is 2.00 bits per heavy atom. The molecule has 7 heteroatoms. The third-order valence-corrected chi connectivity index (χ3v) is 5.44. The van der Waals surface area contributed by atoms with E-state index in [2.05, 4.69) is 15.2 Å². The van der Waals surface area contributed by atoms with E-state index in [1.165, 1.54) is 0 Å². The van der Waals surface area contributed by atoms with Crippen LogP contribution in [0.5, 0.6) is 0 Å². The molecule has 0 radical (unpaired) electrons. The average Bonchev–Trinajstić information content (AvgIpc) is 3.10. The minimum absolute atomic E-state index is 0.0247. The molecule has 1 aromatic carbocycles. The van der Waals surface area contributed by atoms with Crippen LogP contribution in [-0.2, 0) is 0 Å². The summed E-state index contributed by atoms with van der Waals surface area (Å²) in [6.07, 6.45) is 5.70. The maximum absolute atomic E-state index is 13.2. The van der Waals surface area contributed by atoms with Crippen molar-refractivity contribution >= 4 is 5.91 Å². The number of para-hydroxylation sites is 1. The Morgan fingerprint density at radius 1 is 1.19 bits per heavy atom. The molecule has 7 nitrogen and oxygen atoms in total. The molecule has 1 unspecified atom stereocenters. The van der Waals surface area contributed by atoms with Gasteiger partial charge in [-0.25, -0.2) is 4.68 Å². The fraction of sp³-hybridized carbons (Fsp3) is 0.400. The normalized spacial score (nSPS) is 19.6. The molecular weight excluding hydrogens is 342 g/mol. The Kier molecular flexibility index (Phi) is 3.81. The molecule has 0 bridgehead atoms. The second-order valence-corrected chi connectivity index (χ2v) is 7.31. The lowest BCUT2D eigenvalue weighted by molar-refractivity contribution is 0.0709. The van der Waals surface area contributed by atoms with Crippen molar-refractivity contribution in [1.29, 1.82) is 0 Å². The van der Waals surface area contributed by atoms with Crippen LogP contribution in [0.1, 0.15) is 65.4 Å². The van der Waals surface area contributed by atoms with E-state index in [9.17, 15) is 4.79 Å². The predicted molar refractivity (Wildman–Crippen MR) is 97.6 cm³/mol. The number of likely N-dealkylation sites (tertiary alicyclic amines) is 1. The summed E-state index contributed by atoms with van der Waals surface area (Å²) in [6, 6.07) is 9.69. The Balaban J connectivity index is 1.42. The summed E-state index contributed by atoms with van der Waals surface area (Å²) < 4.78 is 7.30. The Labute approximate surface area is 157 Å². The molecule has 3 heterocycles. The number of hydrogen-bond donors (Lipinski definition) is 0. The van der Waals surface area contributed by atoms with Crippen molar-refractivity contribution in [2.24, 2.45) is 0 Å². The van der Waals surface area contributed by atoms with Gasteiger partial charge in [-0.1, -0.05) is 23.4 Å². The van der Waals surface area contributed by atoms with E-state index in [0.717, 1.165) is 42.9 Å². The molecule has 1 saturated carbocycles. The van der Waals surface area contributed by atoms with Crippen molar-refractivity contribution in [1.82, 2.24) is 24.8 Å². The summed E-state index contributed by atoms with van der Waals surface area (Å²) in [7, 11) is 0. The highest BCUT2D eigenvalue weighted by Crippen LogP contribution is 2.40. The molecule has 1 aliphatic heterocycles. The third kappa shape index (κ3) is 2.83. The zero-order chi connectivity index (χ0) is 18.4. The van der Waals surface area contributed by atoms with E-state index in [0.29, 0.717) is 23.9 Å². The highest BCUT2D eigenvalue weighted by atomic mass is 16.5. The molecule has 138 valence electrons. The number of amides is 1. The van der Waals surface area contributed by atoms with Crippen LogP contribution in [-0.4, -0.2) is 37.3 Å². The summed E-state index contributed by atoms with van der Waals surface area (Å²) in [5.41, 5.74) is 2.40. The molecule has 1 amide bonds. The highest BCUT2D eigenvalue weighted by molar-refractivity contribution is 5.95. The van der Waals surface area contributed by atoms with Gasteiger partial charge in [0.25, 0.3) is 5.91 Å². The highest BCUT2D eigenvalue weighted by Gasteiger charge is 2.37. The van der Waals surface area contributed by atoms with Crippen LogP contribution in [0, 0.1) is 6.92 Å². The number of nitrogens with zero attached hydrogens (tertiary/aromatic N) is 5. The number of carbonyl (C=O) groups excluding carboxylic acids is 1. The number of rotatable bonds is 4. The van der Waals surface area contributed by atoms with E-state index in [1.807, 2.05) is 42.2 Å². The Morgan fingerprint density at radius 3 is 2.78 bits per heavy atom. The molecule has 2 fully saturated rings. The summed E-state index contributed by atoms with van der Waals surface area (Å²) in [6.45, 7) is 2.62. The number of hydrogen-bond acceptors (Lipinski definition) is 5. The first-order valence-electron chi connectivity index (χ1n) is 9.47. The first kappa shape index (κ1) is 16.2. The second kappa shape index (κ2) is 6.33. The molecular formula is C20H21N5O2. The summed E-state index contributed by atoms with van der Waals surface area (Å²) >= 11 is 0. The minimum Gasteiger partial charge on any atom is -0.337 e. The number of aromatic nitrogens is 4. The van der Waals surface area contributed by atoms with E-state index >= 15 is 0 Å². The lowest BCUT2D eigenvalue weighted by Crippen LogP contribution is -2.31. The van der Waals surface area contributed by atoms with Gasteiger partial charge < -0.3 is 9.42 Å². The lowest BCUT2D eigenvalue weighted by atomic mass is 10.2. The van der Waals surface area contributed by atoms with E-state index in [-0.39, 0.29) is 11.9 Å². The molecule has 0 N–H and O–H groups in total. The molecule has 2 aromatic heterocycles. The fourth-order valence-electron chi connectivity index (χ4n) is 3.76. The van der Waals surface area contributed by atoms with E-state index in [4.69, 9.17) is 4.52 Å². The molecule has 1 atom stereocenters. The Bertz CT molecular complexity index is 973. The number of carbonyl (C=O) groups is 1. The van der Waals surface area contributed by atoms with Gasteiger partial charge in [0.15, 0.2) is 5.82 Å². The average molecular weight is 363 g/mol. The van der Waals surface area contributed by atoms with Gasteiger partial charge in [0.1, 0.15) is 6.04 Å². The quantitative estimate of drug-likeness (QED) is 0.710. The minimum atomic E-state index is -0.142. The molecule has 3 aromatic rings. The van der Waals surface area contributed by atoms with Crippen LogP contribution >= 0.6 is 0 Å². The van der Waals surface area contributed by atoms with Crippen LogP contribution in [0.3, 0.4) is 0 Å². The van der Waals surface area contributed by atoms with Crippen molar-refractivity contribution in [3.8, 4) is 5.69 Å². The van der Waals surface area contributed by atoms with Crippen LogP contribution in [0.15, 0.2) is 41.1 Å².